The van der Waals surface area contributed by atoms with Crippen LogP contribution in [0.5, 0.6) is 0 Å². The van der Waals surface area contributed by atoms with E-state index < -0.39 is 0 Å². The van der Waals surface area contributed by atoms with Crippen LogP contribution in [0.3, 0.4) is 0 Å². The van der Waals surface area contributed by atoms with Crippen molar-refractivity contribution in [3.8, 4) is 0 Å². The first-order valence-corrected chi connectivity index (χ1v) is 7.15. The van der Waals surface area contributed by atoms with E-state index in [1.807, 2.05) is 12.1 Å². The molecule has 0 atom stereocenters. The van der Waals surface area contributed by atoms with Gasteiger partial charge in [0, 0.05) is 28.8 Å². The van der Waals surface area contributed by atoms with Gasteiger partial charge in [-0.3, -0.25) is 0 Å². The van der Waals surface area contributed by atoms with Crippen molar-refractivity contribution >= 4 is 21.6 Å². The first-order valence-electron chi connectivity index (χ1n) is 6.35. The zero-order valence-electron chi connectivity index (χ0n) is 11.2. The molecule has 100 valence electrons. The van der Waals surface area contributed by atoms with Crippen LogP contribution in [0.1, 0.15) is 18.1 Å². The standard InChI is InChI=1S/C16H17BrFN/c1-3-19(15-8-4-12(2)5-9-15)11-13-6-7-14(17)10-16(13)18/h4-10H,3,11H2,1-2H3. The molecule has 0 spiro atoms. The van der Waals surface area contributed by atoms with Crippen molar-refractivity contribution in [2.24, 2.45) is 0 Å². The maximum absolute atomic E-state index is 13.9. The minimum absolute atomic E-state index is 0.167. The van der Waals surface area contributed by atoms with Gasteiger partial charge in [-0.25, -0.2) is 4.39 Å². The number of hydrogen-bond acceptors (Lipinski definition) is 1. The third kappa shape index (κ3) is 3.57. The molecule has 2 rings (SSSR count). The lowest BCUT2D eigenvalue weighted by Gasteiger charge is -2.23. The fourth-order valence-electron chi connectivity index (χ4n) is 2.00. The van der Waals surface area contributed by atoms with E-state index in [1.54, 1.807) is 0 Å². The van der Waals surface area contributed by atoms with Crippen LogP contribution in [0.15, 0.2) is 46.9 Å². The minimum Gasteiger partial charge on any atom is -0.367 e. The highest BCUT2D eigenvalue weighted by molar-refractivity contribution is 9.10. The number of halogens is 2. The van der Waals surface area contributed by atoms with E-state index in [0.29, 0.717) is 12.1 Å². The molecule has 0 heterocycles. The van der Waals surface area contributed by atoms with Gasteiger partial charge in [-0.15, -0.1) is 0 Å². The Balaban J connectivity index is 2.21. The maximum atomic E-state index is 13.9. The van der Waals surface area contributed by atoms with Crippen molar-refractivity contribution in [2.45, 2.75) is 20.4 Å². The van der Waals surface area contributed by atoms with Gasteiger partial charge in [0.1, 0.15) is 5.82 Å². The molecule has 2 aromatic carbocycles. The number of anilines is 1. The fraction of sp³-hybridized carbons (Fsp3) is 0.250. The van der Waals surface area contributed by atoms with E-state index >= 15 is 0 Å². The highest BCUT2D eigenvalue weighted by Gasteiger charge is 2.09. The maximum Gasteiger partial charge on any atom is 0.129 e. The molecule has 0 fully saturated rings. The van der Waals surface area contributed by atoms with E-state index in [2.05, 4.69) is 58.9 Å². The lowest BCUT2D eigenvalue weighted by Crippen LogP contribution is -2.22. The topological polar surface area (TPSA) is 3.24 Å². The second-order valence-electron chi connectivity index (χ2n) is 4.59. The van der Waals surface area contributed by atoms with E-state index in [-0.39, 0.29) is 5.82 Å². The summed E-state index contributed by atoms with van der Waals surface area (Å²) >= 11 is 3.28. The molecule has 0 saturated heterocycles. The summed E-state index contributed by atoms with van der Waals surface area (Å²) in [4.78, 5) is 2.16. The molecule has 0 aliphatic rings. The van der Waals surface area contributed by atoms with E-state index in [0.717, 1.165) is 16.7 Å². The van der Waals surface area contributed by atoms with E-state index in [4.69, 9.17) is 0 Å². The Kier molecular flexibility index (Phi) is 4.59. The molecule has 0 amide bonds. The van der Waals surface area contributed by atoms with Crippen molar-refractivity contribution in [3.63, 3.8) is 0 Å². The van der Waals surface area contributed by atoms with Gasteiger partial charge in [0.05, 0.1) is 0 Å². The summed E-state index contributed by atoms with van der Waals surface area (Å²) in [5.41, 5.74) is 3.07. The monoisotopic (exact) mass is 321 g/mol. The molecule has 1 nitrogen and oxygen atoms in total. The highest BCUT2D eigenvalue weighted by atomic mass is 79.9. The molecular formula is C16H17BrFN. The summed E-state index contributed by atoms with van der Waals surface area (Å²) in [6.45, 7) is 5.57. The highest BCUT2D eigenvalue weighted by Crippen LogP contribution is 2.21. The SMILES string of the molecule is CCN(Cc1ccc(Br)cc1F)c1ccc(C)cc1. The Morgan fingerprint density at radius 2 is 1.79 bits per heavy atom. The number of benzene rings is 2. The Morgan fingerprint density at radius 3 is 2.37 bits per heavy atom. The van der Waals surface area contributed by atoms with Crippen LogP contribution in [-0.4, -0.2) is 6.54 Å². The van der Waals surface area contributed by atoms with Gasteiger partial charge in [-0.05, 0) is 38.1 Å². The second kappa shape index (κ2) is 6.20. The van der Waals surface area contributed by atoms with Crippen LogP contribution >= 0.6 is 15.9 Å². The quantitative estimate of drug-likeness (QED) is 0.772. The van der Waals surface area contributed by atoms with Gasteiger partial charge < -0.3 is 4.90 Å². The van der Waals surface area contributed by atoms with Gasteiger partial charge >= 0.3 is 0 Å². The van der Waals surface area contributed by atoms with E-state index in [1.165, 1.54) is 11.6 Å². The molecule has 0 aliphatic carbocycles. The van der Waals surface area contributed by atoms with Crippen molar-refractivity contribution in [2.75, 3.05) is 11.4 Å². The predicted octanol–water partition coefficient (Wildman–Crippen LogP) is 4.92. The molecule has 0 bridgehead atoms. The van der Waals surface area contributed by atoms with E-state index in [9.17, 15) is 4.39 Å². The molecule has 0 unspecified atom stereocenters. The largest absolute Gasteiger partial charge is 0.367 e. The Labute approximate surface area is 122 Å². The zero-order valence-corrected chi connectivity index (χ0v) is 12.7. The molecule has 0 aliphatic heterocycles. The first-order chi connectivity index (χ1) is 9.10. The number of rotatable bonds is 4. The minimum atomic E-state index is -0.167. The zero-order chi connectivity index (χ0) is 13.8. The molecule has 3 heteroatoms. The molecule has 19 heavy (non-hydrogen) atoms. The Hall–Kier alpha value is -1.35. The van der Waals surface area contributed by atoms with Gasteiger partial charge in [-0.1, -0.05) is 39.7 Å². The summed E-state index contributed by atoms with van der Waals surface area (Å²) in [6.07, 6.45) is 0. The fourth-order valence-corrected chi connectivity index (χ4v) is 2.33. The van der Waals surface area contributed by atoms with Crippen molar-refractivity contribution < 1.29 is 4.39 Å². The van der Waals surface area contributed by atoms with Crippen LogP contribution in [0.25, 0.3) is 0 Å². The molecule has 0 radical (unpaired) electrons. The third-order valence-electron chi connectivity index (χ3n) is 3.16. The van der Waals surface area contributed by atoms with Crippen LogP contribution < -0.4 is 4.90 Å². The molecule has 2 aromatic rings. The summed E-state index contributed by atoms with van der Waals surface area (Å²) in [5.74, 6) is -0.167. The van der Waals surface area contributed by atoms with Crippen LogP contribution in [0, 0.1) is 12.7 Å². The molecule has 0 aromatic heterocycles. The van der Waals surface area contributed by atoms with Crippen molar-refractivity contribution in [1.82, 2.24) is 0 Å². The lowest BCUT2D eigenvalue weighted by atomic mass is 10.1. The molecule has 0 N–H and O–H groups in total. The second-order valence-corrected chi connectivity index (χ2v) is 5.50. The van der Waals surface area contributed by atoms with Crippen LogP contribution in [0.2, 0.25) is 0 Å². The van der Waals surface area contributed by atoms with Gasteiger partial charge in [0.25, 0.3) is 0 Å². The smallest absolute Gasteiger partial charge is 0.129 e. The van der Waals surface area contributed by atoms with Crippen LogP contribution in [-0.2, 0) is 6.54 Å². The van der Waals surface area contributed by atoms with Crippen molar-refractivity contribution in [1.29, 1.82) is 0 Å². The molecular weight excluding hydrogens is 305 g/mol. The number of aryl methyl sites for hydroxylation is 1. The van der Waals surface area contributed by atoms with Gasteiger partial charge in [0.2, 0.25) is 0 Å². The lowest BCUT2D eigenvalue weighted by molar-refractivity contribution is 0.604. The summed E-state index contributed by atoms with van der Waals surface area (Å²) in [6, 6.07) is 13.5. The average Bonchev–Trinajstić information content (AvgIpc) is 2.39. The summed E-state index contributed by atoms with van der Waals surface area (Å²) in [5, 5.41) is 0. The summed E-state index contributed by atoms with van der Waals surface area (Å²) in [7, 11) is 0. The van der Waals surface area contributed by atoms with Crippen LogP contribution in [0.4, 0.5) is 10.1 Å². The Bertz CT molecular complexity index is 551. The third-order valence-corrected chi connectivity index (χ3v) is 3.65. The number of hydrogen-bond donors (Lipinski definition) is 0. The Morgan fingerprint density at radius 1 is 1.11 bits per heavy atom. The summed E-state index contributed by atoms with van der Waals surface area (Å²) < 4.78 is 14.6. The predicted molar refractivity (Wildman–Crippen MR) is 82.0 cm³/mol. The van der Waals surface area contributed by atoms with Crippen molar-refractivity contribution in [3.05, 3.63) is 63.9 Å². The molecule has 0 saturated carbocycles. The first kappa shape index (κ1) is 14.1. The van der Waals surface area contributed by atoms with Gasteiger partial charge in [-0.2, -0.15) is 0 Å². The van der Waals surface area contributed by atoms with Gasteiger partial charge in [0.15, 0.2) is 0 Å². The average molecular weight is 322 g/mol. The normalized spacial score (nSPS) is 10.5. The number of nitrogens with zero attached hydrogens (tertiary/aromatic N) is 1.